The number of carboxylic acid groups (broad SMARTS) is 1. The lowest BCUT2D eigenvalue weighted by molar-refractivity contribution is 0.0696. The summed E-state index contributed by atoms with van der Waals surface area (Å²) in [5, 5.41) is 8.69. The zero-order chi connectivity index (χ0) is 10.2. The fourth-order valence-corrected chi connectivity index (χ4v) is 1.72. The van der Waals surface area contributed by atoms with Crippen LogP contribution in [0.1, 0.15) is 15.9 Å². The van der Waals surface area contributed by atoms with Gasteiger partial charge in [-0.1, -0.05) is 0 Å². The molecule has 1 aromatic carbocycles. The second kappa shape index (κ2) is 3.33. The molecule has 0 unspecified atom stereocenters. The Morgan fingerprint density at radius 1 is 1.69 bits per heavy atom. The zero-order valence-electron chi connectivity index (χ0n) is 6.77. The number of halogens is 2. The number of carbonyl (C=O) groups is 1. The van der Waals surface area contributed by atoms with Crippen molar-refractivity contribution in [1.29, 1.82) is 0 Å². The molecule has 0 atom stereocenters. The van der Waals surface area contributed by atoms with Gasteiger partial charge in [-0.3, -0.25) is 0 Å². The van der Waals surface area contributed by atoms with Gasteiger partial charge in [-0.25, -0.2) is 9.18 Å². The van der Waals surface area contributed by atoms with Crippen molar-refractivity contribution in [2.45, 2.75) is 6.92 Å². The Balaban J connectivity index is 3.53. The van der Waals surface area contributed by atoms with E-state index in [4.69, 9.17) is 10.8 Å². The number of hydrogen-bond donors (Lipinski definition) is 2. The third-order valence-corrected chi connectivity index (χ3v) is 2.27. The van der Waals surface area contributed by atoms with Crippen molar-refractivity contribution in [2.75, 3.05) is 5.73 Å². The van der Waals surface area contributed by atoms with Gasteiger partial charge in [0.05, 0.1) is 11.3 Å². The second-order valence-electron chi connectivity index (χ2n) is 2.58. The summed E-state index contributed by atoms with van der Waals surface area (Å²) in [5.74, 6) is -1.93. The Morgan fingerprint density at radius 2 is 2.23 bits per heavy atom. The summed E-state index contributed by atoms with van der Waals surface area (Å²) in [6, 6.07) is 1.38. The van der Waals surface area contributed by atoms with Crippen LogP contribution < -0.4 is 5.73 Å². The van der Waals surface area contributed by atoms with Crippen molar-refractivity contribution in [1.82, 2.24) is 0 Å². The molecule has 0 bridgehead atoms. The molecule has 13 heavy (non-hydrogen) atoms. The lowest BCUT2D eigenvalue weighted by Gasteiger charge is -2.06. The number of benzene rings is 1. The summed E-state index contributed by atoms with van der Waals surface area (Å²) in [6.07, 6.45) is 0. The van der Waals surface area contributed by atoms with Crippen LogP contribution in [0.2, 0.25) is 0 Å². The monoisotopic (exact) mass is 247 g/mol. The van der Waals surface area contributed by atoms with E-state index in [0.29, 0.717) is 5.56 Å². The zero-order valence-corrected chi connectivity index (χ0v) is 8.35. The molecule has 0 aliphatic heterocycles. The van der Waals surface area contributed by atoms with E-state index >= 15 is 0 Å². The van der Waals surface area contributed by atoms with E-state index in [1.54, 1.807) is 0 Å². The van der Waals surface area contributed by atoms with Gasteiger partial charge in [0, 0.05) is 4.47 Å². The Bertz CT molecular complexity index is 379. The van der Waals surface area contributed by atoms with Crippen molar-refractivity contribution in [3.05, 3.63) is 27.5 Å². The summed E-state index contributed by atoms with van der Waals surface area (Å²) in [6.45, 7) is 1.52. The standard InChI is InChI=1S/C8H7BrFNO2/c1-3-2-4(9)5(8(12)13)7(11)6(3)10/h2H,11H2,1H3,(H,12,13). The van der Waals surface area contributed by atoms with Crippen molar-refractivity contribution in [2.24, 2.45) is 0 Å². The van der Waals surface area contributed by atoms with Crippen LogP contribution in [-0.4, -0.2) is 11.1 Å². The van der Waals surface area contributed by atoms with E-state index in [1.807, 2.05) is 0 Å². The van der Waals surface area contributed by atoms with Gasteiger partial charge in [0.1, 0.15) is 5.82 Å². The van der Waals surface area contributed by atoms with E-state index in [1.165, 1.54) is 13.0 Å². The van der Waals surface area contributed by atoms with E-state index in [9.17, 15) is 9.18 Å². The molecule has 3 nitrogen and oxygen atoms in total. The molecular formula is C8H7BrFNO2. The molecule has 3 N–H and O–H groups in total. The number of aryl methyl sites for hydroxylation is 1. The highest BCUT2D eigenvalue weighted by Gasteiger charge is 2.17. The van der Waals surface area contributed by atoms with Crippen LogP contribution in [0.5, 0.6) is 0 Å². The minimum atomic E-state index is -1.25. The molecule has 0 amide bonds. The van der Waals surface area contributed by atoms with Crippen molar-refractivity contribution < 1.29 is 14.3 Å². The summed E-state index contributed by atoms with van der Waals surface area (Å²) in [4.78, 5) is 10.6. The molecule has 0 radical (unpaired) electrons. The minimum absolute atomic E-state index is 0.233. The van der Waals surface area contributed by atoms with E-state index in [0.717, 1.165) is 0 Å². The first-order valence-corrected chi connectivity index (χ1v) is 4.21. The number of hydrogen-bond acceptors (Lipinski definition) is 2. The van der Waals surface area contributed by atoms with Gasteiger partial charge in [-0.05, 0) is 34.5 Å². The molecule has 70 valence electrons. The van der Waals surface area contributed by atoms with Crippen LogP contribution in [0.3, 0.4) is 0 Å². The molecule has 1 rings (SSSR count). The lowest BCUT2D eigenvalue weighted by atomic mass is 10.1. The highest BCUT2D eigenvalue weighted by Crippen LogP contribution is 2.27. The van der Waals surface area contributed by atoms with E-state index in [2.05, 4.69) is 15.9 Å². The van der Waals surface area contributed by atoms with Crippen LogP contribution in [0.4, 0.5) is 10.1 Å². The van der Waals surface area contributed by atoms with Gasteiger partial charge in [-0.15, -0.1) is 0 Å². The van der Waals surface area contributed by atoms with Crippen LogP contribution in [0, 0.1) is 12.7 Å². The SMILES string of the molecule is Cc1cc(Br)c(C(=O)O)c(N)c1F. The van der Waals surface area contributed by atoms with Crippen molar-refractivity contribution in [3.63, 3.8) is 0 Å². The van der Waals surface area contributed by atoms with Crippen molar-refractivity contribution in [3.8, 4) is 0 Å². The average Bonchev–Trinajstić information content (AvgIpc) is 1.99. The molecule has 0 saturated heterocycles. The smallest absolute Gasteiger partial charge is 0.339 e. The number of nitrogens with two attached hydrogens (primary N) is 1. The molecule has 0 spiro atoms. The molecule has 5 heteroatoms. The molecule has 0 heterocycles. The predicted octanol–water partition coefficient (Wildman–Crippen LogP) is 2.18. The molecule has 0 aliphatic carbocycles. The van der Waals surface area contributed by atoms with Gasteiger partial charge < -0.3 is 10.8 Å². The number of anilines is 1. The molecule has 0 fully saturated rings. The Morgan fingerprint density at radius 3 is 2.69 bits per heavy atom. The highest BCUT2D eigenvalue weighted by atomic mass is 79.9. The third kappa shape index (κ3) is 1.65. The topological polar surface area (TPSA) is 63.3 Å². The fourth-order valence-electron chi connectivity index (χ4n) is 0.994. The average molecular weight is 248 g/mol. The molecular weight excluding hydrogens is 241 g/mol. The van der Waals surface area contributed by atoms with Crippen LogP contribution in [0.15, 0.2) is 10.5 Å². The number of rotatable bonds is 1. The molecule has 0 saturated carbocycles. The van der Waals surface area contributed by atoms with Gasteiger partial charge in [-0.2, -0.15) is 0 Å². The maximum Gasteiger partial charge on any atom is 0.339 e. The molecule has 0 aromatic heterocycles. The summed E-state index contributed by atoms with van der Waals surface area (Å²) >= 11 is 3.01. The summed E-state index contributed by atoms with van der Waals surface area (Å²) in [7, 11) is 0. The third-order valence-electron chi connectivity index (χ3n) is 1.65. The normalized spacial score (nSPS) is 10.1. The minimum Gasteiger partial charge on any atom is -0.478 e. The quantitative estimate of drug-likeness (QED) is 0.748. The Labute approximate surface area is 82.5 Å². The number of nitrogen functional groups attached to an aromatic ring is 1. The lowest BCUT2D eigenvalue weighted by Crippen LogP contribution is -2.07. The van der Waals surface area contributed by atoms with Gasteiger partial charge in [0.15, 0.2) is 0 Å². The fraction of sp³-hybridized carbons (Fsp3) is 0.125. The first-order valence-electron chi connectivity index (χ1n) is 3.42. The van der Waals surface area contributed by atoms with Crippen LogP contribution in [0.25, 0.3) is 0 Å². The first-order chi connectivity index (χ1) is 5.95. The van der Waals surface area contributed by atoms with E-state index in [-0.39, 0.29) is 15.7 Å². The molecule has 0 aliphatic rings. The van der Waals surface area contributed by atoms with Crippen LogP contribution in [-0.2, 0) is 0 Å². The van der Waals surface area contributed by atoms with Gasteiger partial charge in [0.25, 0.3) is 0 Å². The Hall–Kier alpha value is -1.10. The first kappa shape index (κ1) is 9.98. The van der Waals surface area contributed by atoms with Gasteiger partial charge >= 0.3 is 5.97 Å². The van der Waals surface area contributed by atoms with Gasteiger partial charge in [0.2, 0.25) is 0 Å². The van der Waals surface area contributed by atoms with Crippen LogP contribution >= 0.6 is 15.9 Å². The van der Waals surface area contributed by atoms with E-state index < -0.39 is 11.8 Å². The predicted molar refractivity (Wildman–Crippen MR) is 50.2 cm³/mol. The molecule has 1 aromatic rings. The highest BCUT2D eigenvalue weighted by molar-refractivity contribution is 9.10. The largest absolute Gasteiger partial charge is 0.478 e. The Kier molecular flexibility index (Phi) is 2.56. The summed E-state index contributed by atoms with van der Waals surface area (Å²) in [5.41, 5.74) is 5.05. The van der Waals surface area contributed by atoms with Crippen molar-refractivity contribution >= 4 is 27.6 Å². The summed E-state index contributed by atoms with van der Waals surface area (Å²) < 4.78 is 13.4. The number of carboxylic acids is 1. The maximum absolute atomic E-state index is 13.1. The maximum atomic E-state index is 13.1. The second-order valence-corrected chi connectivity index (χ2v) is 3.44. The number of aromatic carboxylic acids is 1.